The topological polar surface area (TPSA) is 56.0 Å². The van der Waals surface area contributed by atoms with Crippen molar-refractivity contribution in [1.82, 2.24) is 5.32 Å². The van der Waals surface area contributed by atoms with Gasteiger partial charge in [0.25, 0.3) is 0 Å². The monoisotopic (exact) mass is 216 g/mol. The van der Waals surface area contributed by atoms with Crippen molar-refractivity contribution in [3.05, 3.63) is 28.8 Å². The van der Waals surface area contributed by atoms with E-state index in [2.05, 4.69) is 5.32 Å². The second kappa shape index (κ2) is 4.54. The molecule has 1 fully saturated rings. The minimum Gasteiger partial charge on any atom is -0.506 e. The number of nitrogens with one attached hydrogen (secondary N) is 1. The third kappa shape index (κ3) is 2.02. The first kappa shape index (κ1) is 11.0. The maximum atomic E-state index is 9.68. The molecule has 0 spiro atoms. The lowest BCUT2D eigenvalue weighted by Gasteiger charge is -2.23. The Hall–Kier alpha value is -1.53. The van der Waals surface area contributed by atoms with Crippen LogP contribution in [0.2, 0.25) is 0 Å². The average Bonchev–Trinajstić information content (AvgIpc) is 2.33. The SMILES string of the molecule is Cc1cc(C2CCCNC2)cc(C#N)c1O. The summed E-state index contributed by atoms with van der Waals surface area (Å²) in [4.78, 5) is 0. The maximum Gasteiger partial charge on any atom is 0.136 e. The van der Waals surface area contributed by atoms with E-state index >= 15 is 0 Å². The highest BCUT2D eigenvalue weighted by Crippen LogP contribution is 2.30. The van der Waals surface area contributed by atoms with Crippen LogP contribution < -0.4 is 5.32 Å². The van der Waals surface area contributed by atoms with E-state index in [1.165, 1.54) is 12.0 Å². The lowest BCUT2D eigenvalue weighted by Crippen LogP contribution is -2.28. The van der Waals surface area contributed by atoms with Crippen LogP contribution in [-0.2, 0) is 0 Å². The molecule has 84 valence electrons. The lowest BCUT2D eigenvalue weighted by atomic mass is 9.89. The number of benzene rings is 1. The summed E-state index contributed by atoms with van der Waals surface area (Å²) in [5.74, 6) is 0.593. The molecule has 0 amide bonds. The Morgan fingerprint density at radius 3 is 2.94 bits per heavy atom. The van der Waals surface area contributed by atoms with Crippen LogP contribution in [0.1, 0.15) is 35.4 Å². The molecule has 0 aliphatic carbocycles. The highest BCUT2D eigenvalue weighted by molar-refractivity contribution is 5.50. The first-order valence-corrected chi connectivity index (χ1v) is 5.66. The number of aryl methyl sites for hydroxylation is 1. The predicted molar refractivity (Wildman–Crippen MR) is 62.4 cm³/mol. The first-order chi connectivity index (χ1) is 7.72. The molecule has 3 heteroatoms. The fraction of sp³-hybridized carbons (Fsp3) is 0.462. The van der Waals surface area contributed by atoms with Crippen LogP contribution in [0.15, 0.2) is 12.1 Å². The van der Waals surface area contributed by atoms with Gasteiger partial charge in [0, 0.05) is 6.54 Å². The van der Waals surface area contributed by atoms with E-state index < -0.39 is 0 Å². The minimum absolute atomic E-state index is 0.120. The first-order valence-electron chi connectivity index (χ1n) is 5.66. The molecular formula is C13H16N2O. The van der Waals surface area contributed by atoms with Crippen molar-refractivity contribution in [3.63, 3.8) is 0 Å². The smallest absolute Gasteiger partial charge is 0.136 e. The third-order valence-corrected chi connectivity index (χ3v) is 3.21. The normalized spacial score (nSPS) is 20.4. The molecule has 0 radical (unpaired) electrons. The van der Waals surface area contributed by atoms with E-state index in [-0.39, 0.29) is 5.75 Å². The standard InChI is InChI=1S/C13H16N2O/c1-9-5-11(6-12(7-14)13(9)16)10-3-2-4-15-8-10/h5-6,10,15-16H,2-4,8H2,1H3. The van der Waals surface area contributed by atoms with Gasteiger partial charge in [-0.1, -0.05) is 6.07 Å². The molecule has 1 atom stereocenters. The molecule has 1 aliphatic heterocycles. The van der Waals surface area contributed by atoms with Crippen molar-refractivity contribution in [2.45, 2.75) is 25.7 Å². The van der Waals surface area contributed by atoms with Gasteiger partial charge in [-0.3, -0.25) is 0 Å². The molecule has 1 unspecified atom stereocenters. The van der Waals surface area contributed by atoms with E-state index in [0.29, 0.717) is 11.5 Å². The zero-order valence-electron chi connectivity index (χ0n) is 9.45. The summed E-state index contributed by atoms with van der Waals surface area (Å²) in [5.41, 5.74) is 2.35. The molecule has 16 heavy (non-hydrogen) atoms. The minimum atomic E-state index is 0.120. The number of piperidine rings is 1. The Morgan fingerprint density at radius 1 is 1.50 bits per heavy atom. The summed E-state index contributed by atoms with van der Waals surface area (Å²) in [5, 5.41) is 22.0. The van der Waals surface area contributed by atoms with Gasteiger partial charge in [-0.15, -0.1) is 0 Å². The van der Waals surface area contributed by atoms with E-state index in [1.54, 1.807) is 0 Å². The zero-order chi connectivity index (χ0) is 11.5. The van der Waals surface area contributed by atoms with Gasteiger partial charge in [0.2, 0.25) is 0 Å². The van der Waals surface area contributed by atoms with Crippen molar-refractivity contribution < 1.29 is 5.11 Å². The van der Waals surface area contributed by atoms with Crippen LogP contribution in [0.3, 0.4) is 0 Å². The van der Waals surface area contributed by atoms with Gasteiger partial charge in [0.15, 0.2) is 0 Å². The summed E-state index contributed by atoms with van der Waals surface area (Å²) >= 11 is 0. The quantitative estimate of drug-likeness (QED) is 0.755. The van der Waals surface area contributed by atoms with E-state index in [1.807, 2.05) is 25.1 Å². The number of hydrogen-bond donors (Lipinski definition) is 2. The van der Waals surface area contributed by atoms with Gasteiger partial charge in [-0.2, -0.15) is 5.26 Å². The molecule has 1 heterocycles. The highest BCUT2D eigenvalue weighted by atomic mass is 16.3. The van der Waals surface area contributed by atoms with Crippen molar-refractivity contribution in [2.24, 2.45) is 0 Å². The van der Waals surface area contributed by atoms with E-state index in [0.717, 1.165) is 25.1 Å². The summed E-state index contributed by atoms with van der Waals surface area (Å²) in [6, 6.07) is 5.86. The molecule has 2 rings (SSSR count). The van der Waals surface area contributed by atoms with Crippen LogP contribution in [0, 0.1) is 18.3 Å². The Balaban J connectivity index is 2.34. The van der Waals surface area contributed by atoms with Gasteiger partial charge in [-0.25, -0.2) is 0 Å². The van der Waals surface area contributed by atoms with Crippen LogP contribution in [0.5, 0.6) is 5.75 Å². The predicted octanol–water partition coefficient (Wildman–Crippen LogP) is 2.04. The zero-order valence-corrected chi connectivity index (χ0v) is 9.45. The number of aromatic hydroxyl groups is 1. The molecule has 1 saturated heterocycles. The number of hydrogen-bond acceptors (Lipinski definition) is 3. The molecule has 2 N–H and O–H groups in total. The summed E-state index contributed by atoms with van der Waals surface area (Å²) in [6.07, 6.45) is 2.33. The van der Waals surface area contributed by atoms with Crippen LogP contribution in [-0.4, -0.2) is 18.2 Å². The van der Waals surface area contributed by atoms with Crippen molar-refractivity contribution in [3.8, 4) is 11.8 Å². The van der Waals surface area contributed by atoms with Gasteiger partial charge in [0.1, 0.15) is 11.8 Å². The van der Waals surface area contributed by atoms with Gasteiger partial charge < -0.3 is 10.4 Å². The van der Waals surface area contributed by atoms with Gasteiger partial charge in [-0.05, 0) is 49.4 Å². The van der Waals surface area contributed by atoms with Crippen molar-refractivity contribution in [1.29, 1.82) is 5.26 Å². The molecule has 0 aromatic heterocycles. The summed E-state index contributed by atoms with van der Waals surface area (Å²) < 4.78 is 0. The average molecular weight is 216 g/mol. The molecule has 0 saturated carbocycles. The maximum absolute atomic E-state index is 9.68. The molecule has 1 aliphatic rings. The number of rotatable bonds is 1. The van der Waals surface area contributed by atoms with Crippen LogP contribution in [0.25, 0.3) is 0 Å². The molecule has 1 aromatic carbocycles. The Morgan fingerprint density at radius 2 is 2.31 bits per heavy atom. The van der Waals surface area contributed by atoms with Gasteiger partial charge in [0.05, 0.1) is 5.56 Å². The van der Waals surface area contributed by atoms with Crippen LogP contribution >= 0.6 is 0 Å². The third-order valence-electron chi connectivity index (χ3n) is 3.21. The molecule has 3 nitrogen and oxygen atoms in total. The second-order valence-corrected chi connectivity index (χ2v) is 4.39. The number of nitriles is 1. The Bertz CT molecular complexity index is 428. The molecule has 0 bridgehead atoms. The van der Waals surface area contributed by atoms with E-state index in [4.69, 9.17) is 5.26 Å². The van der Waals surface area contributed by atoms with Crippen LogP contribution in [0.4, 0.5) is 0 Å². The number of nitrogens with zero attached hydrogens (tertiary/aromatic N) is 1. The van der Waals surface area contributed by atoms with Gasteiger partial charge >= 0.3 is 0 Å². The van der Waals surface area contributed by atoms with Crippen molar-refractivity contribution in [2.75, 3.05) is 13.1 Å². The summed E-state index contributed by atoms with van der Waals surface area (Å²) in [7, 11) is 0. The lowest BCUT2D eigenvalue weighted by molar-refractivity contribution is 0.455. The van der Waals surface area contributed by atoms with E-state index in [9.17, 15) is 5.11 Å². The largest absolute Gasteiger partial charge is 0.506 e. The fourth-order valence-electron chi connectivity index (χ4n) is 2.26. The number of phenols is 1. The molecule has 1 aromatic rings. The Labute approximate surface area is 95.7 Å². The number of phenolic OH excluding ortho intramolecular Hbond substituents is 1. The van der Waals surface area contributed by atoms with Crippen molar-refractivity contribution >= 4 is 0 Å². The fourth-order valence-corrected chi connectivity index (χ4v) is 2.26. The Kier molecular flexibility index (Phi) is 3.12. The highest BCUT2D eigenvalue weighted by Gasteiger charge is 2.17. The second-order valence-electron chi connectivity index (χ2n) is 4.39. The molecular weight excluding hydrogens is 200 g/mol. The summed E-state index contributed by atoms with van der Waals surface area (Å²) in [6.45, 7) is 3.89.